The maximum absolute atomic E-state index is 6.22. The predicted molar refractivity (Wildman–Crippen MR) is 404 cm³/mol. The number of fused-ring (bicyclic) bond motifs is 4. The standard InChI is InChI=1S/3C21H33NOS.C20H31NOS/c1-14(2)19-7-6-16-10-18(23-11-17-12-24-13-22-17)8-9-21(16,5)20(19)15(3)4;1-14(2)19-7-6-16-10-17(23-12-18-11-22-13-24-18)8-9-21(16,5)20(19)15(3)4;1-14(2)18-7-6-16-12-17(23-13-19-22-10-11-24-19)8-9-21(16,5)20(18)15(3)4;1-13(2)17-7-6-15-10-16(22-18-11-21-12-23-18)8-9-20(15,5)19(17)14(3)4/h6,12-15,18-20H,7-11H2,1-5H3;6,11,13-15,17,19-20H,7-10,12H2,1-5H3;6,10-11,14-15,17-18,20H,7-9,12-13H2,1-5H3;6,11-14,16-17,19H,7-10H2,1-5H3/t18-,19?,20?,21-;17-,19?,20?,21-;17-,18?,20?,21-;16-,17?,19?,20-/m0000/s1. The highest BCUT2D eigenvalue weighted by Gasteiger charge is 2.53. The molecule has 8 aliphatic carbocycles. The molecule has 8 nitrogen and oxygen atoms in total. The third kappa shape index (κ3) is 18.1. The summed E-state index contributed by atoms with van der Waals surface area (Å²) in [5, 5.41) is 6.19. The van der Waals surface area contributed by atoms with E-state index in [1.54, 1.807) is 67.6 Å². The van der Waals surface area contributed by atoms with Crippen LogP contribution >= 0.6 is 45.3 Å². The Morgan fingerprint density at radius 1 is 0.421 bits per heavy atom. The summed E-state index contributed by atoms with van der Waals surface area (Å²) < 4.78 is 24.8. The summed E-state index contributed by atoms with van der Waals surface area (Å²) in [5.74, 6) is 12.6. The van der Waals surface area contributed by atoms with Crippen molar-refractivity contribution in [1.29, 1.82) is 0 Å². The van der Waals surface area contributed by atoms with Gasteiger partial charge in [0.2, 0.25) is 0 Å². The average Bonchev–Trinajstić information content (AvgIpc) is 1.59. The van der Waals surface area contributed by atoms with Gasteiger partial charge in [-0.3, -0.25) is 4.98 Å². The Bertz CT molecular complexity index is 2810. The van der Waals surface area contributed by atoms with Crippen LogP contribution in [0.25, 0.3) is 0 Å². The van der Waals surface area contributed by atoms with Crippen LogP contribution in [0.5, 0.6) is 5.06 Å². The van der Waals surface area contributed by atoms with Crippen molar-refractivity contribution >= 4 is 45.3 Å². The summed E-state index contributed by atoms with van der Waals surface area (Å²) in [6.07, 6.45) is 36.7. The second-order valence-corrected chi connectivity index (χ2v) is 38.0. The lowest BCUT2D eigenvalue weighted by atomic mass is 9.52. The molecule has 8 unspecified atom stereocenters. The molecule has 95 heavy (non-hydrogen) atoms. The highest BCUT2D eigenvalue weighted by atomic mass is 32.1. The number of nitrogens with zero attached hydrogens (tertiary/aromatic N) is 4. The van der Waals surface area contributed by atoms with Crippen molar-refractivity contribution in [3.63, 3.8) is 0 Å². The van der Waals surface area contributed by atoms with Gasteiger partial charge in [-0.2, -0.15) is 0 Å². The Balaban J connectivity index is 0.000000149. The molecule has 12 rings (SSSR count). The minimum atomic E-state index is 0.332. The number of hydrogen-bond acceptors (Lipinski definition) is 12. The van der Waals surface area contributed by atoms with E-state index < -0.39 is 0 Å². The molecule has 4 heterocycles. The van der Waals surface area contributed by atoms with Crippen molar-refractivity contribution in [3.05, 3.63) is 108 Å². The van der Waals surface area contributed by atoms with Crippen LogP contribution in [-0.4, -0.2) is 44.4 Å². The van der Waals surface area contributed by atoms with E-state index >= 15 is 0 Å². The Morgan fingerprint density at radius 2 is 0.800 bits per heavy atom. The van der Waals surface area contributed by atoms with Crippen molar-refractivity contribution in [2.24, 2.45) is 116 Å². The minimum absolute atomic E-state index is 0.332. The Kier molecular flexibility index (Phi) is 27.1. The Morgan fingerprint density at radius 3 is 1.14 bits per heavy atom. The maximum atomic E-state index is 6.22. The van der Waals surface area contributed by atoms with Crippen molar-refractivity contribution in [2.75, 3.05) is 0 Å². The number of hydrogen-bond donors (Lipinski definition) is 0. The molecule has 4 aromatic rings. The van der Waals surface area contributed by atoms with Crippen molar-refractivity contribution in [1.82, 2.24) is 19.9 Å². The van der Waals surface area contributed by atoms with Crippen molar-refractivity contribution in [3.8, 4) is 5.06 Å². The van der Waals surface area contributed by atoms with E-state index in [9.17, 15) is 0 Å². The molecule has 0 spiro atoms. The van der Waals surface area contributed by atoms with Gasteiger partial charge >= 0.3 is 0 Å². The van der Waals surface area contributed by atoms with Gasteiger partial charge in [-0.15, -0.1) is 34.0 Å². The molecule has 4 aromatic heterocycles. The summed E-state index contributed by atoms with van der Waals surface area (Å²) in [5.41, 5.74) is 14.9. The zero-order valence-electron chi connectivity index (χ0n) is 63.0. The van der Waals surface area contributed by atoms with Gasteiger partial charge in [0.25, 0.3) is 0 Å². The third-order valence-corrected chi connectivity index (χ3v) is 28.6. The van der Waals surface area contributed by atoms with Gasteiger partial charge < -0.3 is 18.9 Å². The first-order chi connectivity index (χ1) is 45.2. The van der Waals surface area contributed by atoms with Crippen LogP contribution in [0.3, 0.4) is 0 Å². The SMILES string of the molecule is CC(C)C1CC=C2C[C@@H](OCc3cncs3)CC[C@]2(C)C1C(C)C.CC(C)C1CC=C2C[C@@H](OCc3cscn3)CC[C@]2(C)C1C(C)C.CC(C)C1CC=C2C[C@@H](OCc3nccs3)CC[C@]2(C)C1C(C)C.CC(C)C1CC=C2C[C@@H](Oc3cncs3)CC[C@]2(C)C1C(C)C. The molecular formula is C83H130N4O4S4. The van der Waals surface area contributed by atoms with Gasteiger partial charge in [0.05, 0.1) is 71.4 Å². The van der Waals surface area contributed by atoms with E-state index in [-0.39, 0.29) is 0 Å². The van der Waals surface area contributed by atoms with E-state index in [1.807, 2.05) is 40.5 Å². The minimum Gasteiger partial charge on any atom is -0.479 e. The highest BCUT2D eigenvalue weighted by Crippen LogP contribution is 2.61. The molecule has 4 fully saturated rings. The van der Waals surface area contributed by atoms with Gasteiger partial charge in [0.1, 0.15) is 11.1 Å². The number of rotatable bonds is 19. The second kappa shape index (κ2) is 33.8. The van der Waals surface area contributed by atoms with Gasteiger partial charge in [-0.1, -0.05) is 196 Å². The molecule has 0 radical (unpaired) electrons. The molecule has 530 valence electrons. The van der Waals surface area contributed by atoms with Crippen LogP contribution in [0, 0.1) is 116 Å². The van der Waals surface area contributed by atoms with Gasteiger partial charge in [0, 0.05) is 29.6 Å². The molecule has 16 atom stereocenters. The zero-order valence-corrected chi connectivity index (χ0v) is 66.2. The number of aromatic nitrogens is 4. The quantitative estimate of drug-likeness (QED) is 0.0858. The van der Waals surface area contributed by atoms with Gasteiger partial charge in [0.15, 0.2) is 5.06 Å². The Hall–Kier alpha value is -2.84. The van der Waals surface area contributed by atoms with Crippen LogP contribution in [0.15, 0.2) is 92.5 Å². The topological polar surface area (TPSA) is 88.5 Å². The average molecular weight is 1380 g/mol. The van der Waals surface area contributed by atoms with E-state index in [1.165, 1.54) is 81.9 Å². The fourth-order valence-corrected chi connectivity index (χ4v) is 23.5. The van der Waals surface area contributed by atoms with Crippen molar-refractivity contribution < 1.29 is 18.9 Å². The normalized spacial score (nSPS) is 33.8. The monoisotopic (exact) mass is 1370 g/mol. The maximum Gasteiger partial charge on any atom is 0.194 e. The fraction of sp³-hybridized carbons (Fsp3) is 0.759. The molecule has 4 saturated carbocycles. The lowest BCUT2D eigenvalue weighted by Gasteiger charge is -2.53. The molecule has 8 aliphatic rings. The molecule has 0 aliphatic heterocycles. The van der Waals surface area contributed by atoms with Crippen molar-refractivity contribution in [2.45, 2.75) is 285 Å². The molecular weight excluding hydrogens is 1250 g/mol. The molecule has 0 amide bonds. The predicted octanol–water partition coefficient (Wildman–Crippen LogP) is 24.2. The van der Waals surface area contributed by atoms with Crippen LogP contribution < -0.4 is 4.74 Å². The smallest absolute Gasteiger partial charge is 0.194 e. The van der Waals surface area contributed by atoms with E-state index in [0.29, 0.717) is 59.3 Å². The summed E-state index contributed by atoms with van der Waals surface area (Å²) in [7, 11) is 0. The Labute approximate surface area is 595 Å². The summed E-state index contributed by atoms with van der Waals surface area (Å²) in [6, 6.07) is 0. The molecule has 12 heteroatoms. The summed E-state index contributed by atoms with van der Waals surface area (Å²) in [4.78, 5) is 18.2. The largest absolute Gasteiger partial charge is 0.479 e. The molecule has 0 aromatic carbocycles. The first-order valence-corrected chi connectivity index (χ1v) is 41.5. The van der Waals surface area contributed by atoms with E-state index in [2.05, 4.69) is 188 Å². The highest BCUT2D eigenvalue weighted by molar-refractivity contribution is 7.11. The molecule has 0 bridgehead atoms. The summed E-state index contributed by atoms with van der Waals surface area (Å²) in [6.45, 7) is 50.9. The molecule has 0 saturated heterocycles. The van der Waals surface area contributed by atoms with Crippen LogP contribution in [0.4, 0.5) is 0 Å². The van der Waals surface area contributed by atoms with E-state index in [0.717, 1.165) is 143 Å². The van der Waals surface area contributed by atoms with Crippen LogP contribution in [-0.2, 0) is 34.0 Å². The number of ether oxygens (including phenoxy) is 4. The molecule has 0 N–H and O–H groups in total. The van der Waals surface area contributed by atoms with E-state index in [4.69, 9.17) is 18.9 Å². The van der Waals surface area contributed by atoms with Crippen LogP contribution in [0.1, 0.15) is 257 Å². The third-order valence-electron chi connectivity index (χ3n) is 25.8. The number of thiazole rings is 4. The number of allylic oxidation sites excluding steroid dienone is 4. The first-order valence-electron chi connectivity index (χ1n) is 38.0. The van der Waals surface area contributed by atoms with Gasteiger partial charge in [-0.05, 0) is 213 Å². The second-order valence-electron chi connectivity index (χ2n) is 34.4. The fourth-order valence-electron chi connectivity index (χ4n) is 21.3. The lowest BCUT2D eigenvalue weighted by molar-refractivity contribution is -0.0238. The van der Waals surface area contributed by atoms with Crippen LogP contribution in [0.2, 0.25) is 0 Å². The van der Waals surface area contributed by atoms with Gasteiger partial charge in [-0.25, -0.2) is 15.0 Å². The summed E-state index contributed by atoms with van der Waals surface area (Å²) >= 11 is 6.63. The zero-order chi connectivity index (χ0) is 68.6. The lowest BCUT2D eigenvalue weighted by Crippen LogP contribution is -2.46. The first kappa shape index (κ1) is 76.3.